The van der Waals surface area contributed by atoms with Gasteiger partial charge in [0.15, 0.2) is 0 Å². The minimum Gasteiger partial charge on any atom is -0.491 e. The first-order chi connectivity index (χ1) is 13.9. The summed E-state index contributed by atoms with van der Waals surface area (Å²) in [5.74, 6) is 1.91. The van der Waals surface area contributed by atoms with Crippen molar-refractivity contribution >= 4 is 0 Å². The predicted octanol–water partition coefficient (Wildman–Crippen LogP) is 3.32. The number of hydrogen-bond acceptors (Lipinski definition) is 3. The van der Waals surface area contributed by atoms with Crippen molar-refractivity contribution in [2.45, 2.75) is 70.7 Å². The average Bonchev–Trinajstić information content (AvgIpc) is 2.72. The summed E-state index contributed by atoms with van der Waals surface area (Å²) in [6.45, 7) is 10.2. The van der Waals surface area contributed by atoms with Crippen LogP contribution in [-0.2, 0) is 4.74 Å². The Hall–Kier alpha value is -1.36. The maximum absolute atomic E-state index is 10.3. The molecule has 4 nitrogen and oxygen atoms in total. The Morgan fingerprint density at radius 1 is 1.17 bits per heavy atom. The van der Waals surface area contributed by atoms with Crippen molar-refractivity contribution in [2.24, 2.45) is 11.8 Å². The van der Waals surface area contributed by atoms with Gasteiger partial charge < -0.3 is 19.5 Å². The van der Waals surface area contributed by atoms with E-state index in [1.807, 2.05) is 12.1 Å². The fraction of sp³-hybridized carbons (Fsp3) is 0.680. The summed E-state index contributed by atoms with van der Waals surface area (Å²) in [6.07, 6.45) is 8.36. The topological polar surface area (TPSA) is 43.1 Å². The number of aliphatic hydroxyl groups is 1. The summed E-state index contributed by atoms with van der Waals surface area (Å²) in [6, 6.07) is 8.33. The fourth-order valence-electron chi connectivity index (χ4n) is 5.40. The molecule has 2 saturated heterocycles. The predicted molar refractivity (Wildman–Crippen MR) is 115 cm³/mol. The molecule has 4 rings (SSSR count). The van der Waals surface area contributed by atoms with Crippen molar-refractivity contribution in [3.8, 4) is 5.75 Å². The zero-order valence-electron chi connectivity index (χ0n) is 18.3. The third-order valence-electron chi connectivity index (χ3n) is 7.36. The molecule has 3 aliphatic rings. The van der Waals surface area contributed by atoms with Gasteiger partial charge in [-0.3, -0.25) is 0 Å². The largest absolute Gasteiger partial charge is 0.491 e. The van der Waals surface area contributed by atoms with E-state index in [0.717, 1.165) is 18.7 Å². The van der Waals surface area contributed by atoms with E-state index < -0.39 is 6.10 Å². The first-order valence-electron chi connectivity index (χ1n) is 11.5. The normalized spacial score (nSPS) is 30.5. The third-order valence-corrected chi connectivity index (χ3v) is 7.36. The molecule has 1 aliphatic carbocycles. The molecule has 1 aromatic rings. The van der Waals surface area contributed by atoms with Crippen molar-refractivity contribution in [3.05, 3.63) is 41.5 Å². The highest BCUT2D eigenvalue weighted by molar-refractivity contribution is 5.31. The molecule has 0 aromatic heterocycles. The van der Waals surface area contributed by atoms with Crippen LogP contribution in [0, 0.1) is 11.8 Å². The number of fused-ring (bicyclic) bond motifs is 2. The molecule has 2 fully saturated rings. The molecule has 2 N–H and O–H groups in total. The van der Waals surface area contributed by atoms with Crippen molar-refractivity contribution < 1.29 is 19.5 Å². The van der Waals surface area contributed by atoms with Gasteiger partial charge in [0.2, 0.25) is 0 Å². The van der Waals surface area contributed by atoms with E-state index in [2.05, 4.69) is 39.0 Å². The van der Waals surface area contributed by atoms with E-state index in [-0.39, 0.29) is 11.7 Å². The smallest absolute Gasteiger partial charge is 0.137 e. The molecule has 2 heterocycles. The zero-order chi connectivity index (χ0) is 20.4. The van der Waals surface area contributed by atoms with Gasteiger partial charge in [-0.15, -0.1) is 0 Å². The molecule has 0 spiro atoms. The van der Waals surface area contributed by atoms with Gasteiger partial charge in [0.25, 0.3) is 0 Å². The Labute approximate surface area is 175 Å². The van der Waals surface area contributed by atoms with Crippen LogP contribution >= 0.6 is 0 Å². The van der Waals surface area contributed by atoms with Crippen molar-refractivity contribution in [3.63, 3.8) is 0 Å². The number of rotatable bonds is 6. The lowest BCUT2D eigenvalue weighted by Gasteiger charge is -2.49. The molecule has 1 aromatic carbocycles. The van der Waals surface area contributed by atoms with Crippen LogP contribution in [0.4, 0.5) is 0 Å². The number of benzene rings is 1. The van der Waals surface area contributed by atoms with Gasteiger partial charge in [0.05, 0.1) is 24.8 Å². The molecule has 0 radical (unpaired) electrons. The van der Waals surface area contributed by atoms with Gasteiger partial charge in [0, 0.05) is 5.92 Å². The first-order valence-corrected chi connectivity index (χ1v) is 11.5. The summed E-state index contributed by atoms with van der Waals surface area (Å²) >= 11 is 0. The second-order valence-electron chi connectivity index (χ2n) is 9.91. The van der Waals surface area contributed by atoms with Crippen LogP contribution in [0.15, 0.2) is 35.9 Å². The summed E-state index contributed by atoms with van der Waals surface area (Å²) in [5.41, 5.74) is 2.60. The van der Waals surface area contributed by atoms with Gasteiger partial charge in [-0.05, 0) is 76.5 Å². The number of piperidine rings is 1. The van der Waals surface area contributed by atoms with Gasteiger partial charge in [-0.25, -0.2) is 0 Å². The van der Waals surface area contributed by atoms with Crippen LogP contribution in [-0.4, -0.2) is 43.1 Å². The van der Waals surface area contributed by atoms with Crippen LogP contribution in [0.1, 0.15) is 64.5 Å². The molecule has 2 bridgehead atoms. The molecule has 0 unspecified atom stereocenters. The molecule has 4 heteroatoms. The van der Waals surface area contributed by atoms with Crippen LogP contribution in [0.5, 0.6) is 5.75 Å². The number of allylic oxidation sites excluding steroid dienone is 1. The lowest BCUT2D eigenvalue weighted by atomic mass is 9.69. The van der Waals surface area contributed by atoms with Gasteiger partial charge in [-0.2, -0.15) is 0 Å². The maximum atomic E-state index is 10.3. The zero-order valence-corrected chi connectivity index (χ0v) is 18.3. The van der Waals surface area contributed by atoms with Crippen LogP contribution in [0.2, 0.25) is 0 Å². The van der Waals surface area contributed by atoms with E-state index in [0.29, 0.717) is 18.4 Å². The van der Waals surface area contributed by atoms with Crippen LogP contribution in [0.3, 0.4) is 0 Å². The monoisotopic (exact) mass is 400 g/mol. The Kier molecular flexibility index (Phi) is 6.33. The molecular weight excluding hydrogens is 362 g/mol. The third kappa shape index (κ3) is 4.87. The van der Waals surface area contributed by atoms with E-state index in [4.69, 9.17) is 9.47 Å². The molecule has 0 saturated carbocycles. The minimum atomic E-state index is -0.405. The quantitative estimate of drug-likeness (QED) is 0.720. The highest BCUT2D eigenvalue weighted by Crippen LogP contribution is 2.50. The molecule has 160 valence electrons. The summed E-state index contributed by atoms with van der Waals surface area (Å²) < 4.78 is 12.5. The molecule has 2 aliphatic heterocycles. The maximum Gasteiger partial charge on any atom is 0.137 e. The number of quaternary nitrogens is 1. The highest BCUT2D eigenvalue weighted by Gasteiger charge is 2.45. The van der Waals surface area contributed by atoms with Crippen LogP contribution in [0.25, 0.3) is 0 Å². The van der Waals surface area contributed by atoms with Gasteiger partial charge in [-0.1, -0.05) is 23.8 Å². The van der Waals surface area contributed by atoms with Crippen LogP contribution < -0.4 is 9.64 Å². The van der Waals surface area contributed by atoms with E-state index in [1.54, 1.807) is 0 Å². The second kappa shape index (κ2) is 8.79. The Bertz CT molecular complexity index is 705. The highest BCUT2D eigenvalue weighted by atomic mass is 16.5. The number of likely N-dealkylation sites (tertiary alicyclic amines) is 1. The SMILES string of the molecule is CC1=CC[C@@H]2C[C@@H]1[C@@H](c1ccc(OC[C@@H](O)C[NH+]3CCCCC3)cc1)OC2(C)C. The number of aliphatic hydroxyl groups excluding tert-OH is 1. The van der Waals surface area contributed by atoms with Gasteiger partial charge in [0.1, 0.15) is 25.0 Å². The Morgan fingerprint density at radius 3 is 2.62 bits per heavy atom. The summed E-state index contributed by atoms with van der Waals surface area (Å²) in [5, 5.41) is 10.3. The van der Waals surface area contributed by atoms with E-state index >= 15 is 0 Å². The second-order valence-corrected chi connectivity index (χ2v) is 9.91. The number of hydrogen-bond donors (Lipinski definition) is 2. The van der Waals surface area contributed by atoms with E-state index in [9.17, 15) is 5.11 Å². The summed E-state index contributed by atoms with van der Waals surface area (Å²) in [4.78, 5) is 1.51. The Balaban J connectivity index is 1.35. The van der Waals surface area contributed by atoms with Crippen molar-refractivity contribution in [1.29, 1.82) is 0 Å². The number of ether oxygens (including phenoxy) is 2. The van der Waals surface area contributed by atoms with Gasteiger partial charge >= 0.3 is 0 Å². The Morgan fingerprint density at radius 2 is 1.90 bits per heavy atom. The first kappa shape index (κ1) is 20.9. The molecular formula is C25H38NO3+. The minimum absolute atomic E-state index is 0.0889. The fourth-order valence-corrected chi connectivity index (χ4v) is 5.40. The lowest BCUT2D eigenvalue weighted by molar-refractivity contribution is -0.908. The number of nitrogens with one attached hydrogen (secondary N) is 1. The molecule has 29 heavy (non-hydrogen) atoms. The van der Waals surface area contributed by atoms with E-state index in [1.165, 1.54) is 54.8 Å². The molecule has 4 atom stereocenters. The van der Waals surface area contributed by atoms with Crippen molar-refractivity contribution in [1.82, 2.24) is 0 Å². The summed E-state index contributed by atoms with van der Waals surface area (Å²) in [7, 11) is 0. The lowest BCUT2D eigenvalue weighted by Crippen LogP contribution is -3.14. The molecule has 0 amide bonds. The average molecular weight is 401 g/mol. The standard InChI is InChI=1S/C25H37NO3/c1-18-7-10-20-15-23(18)24(29-25(20,2)3)19-8-11-22(12-9-19)28-17-21(27)16-26-13-5-4-6-14-26/h7-9,11-12,20-21,23-24,27H,4-6,10,13-17H2,1-3H3/p+1/t20-,21+,23+,24-/m1/s1. The van der Waals surface area contributed by atoms with Crippen molar-refractivity contribution in [2.75, 3.05) is 26.2 Å².